The zero-order valence-electron chi connectivity index (χ0n) is 15.5. The quantitative estimate of drug-likeness (QED) is 0.857. The molecule has 0 radical (unpaired) electrons. The van der Waals surface area contributed by atoms with Crippen molar-refractivity contribution in [2.75, 3.05) is 27.3 Å². The number of carbonyl (C=O) groups excluding carboxylic acids is 2. The van der Waals surface area contributed by atoms with Gasteiger partial charge in [-0.25, -0.2) is 0 Å². The molecule has 1 aliphatic heterocycles. The number of methoxy groups -OCH3 is 2. The first-order chi connectivity index (χ1) is 12.0. The van der Waals surface area contributed by atoms with Crippen molar-refractivity contribution < 1.29 is 19.1 Å². The molecule has 25 heavy (non-hydrogen) atoms. The summed E-state index contributed by atoms with van der Waals surface area (Å²) in [6.45, 7) is 5.16. The molecule has 1 fully saturated rings. The topological polar surface area (TPSA) is 67.9 Å². The number of carbonyl (C=O) groups is 2. The summed E-state index contributed by atoms with van der Waals surface area (Å²) >= 11 is 0. The number of nitrogens with zero attached hydrogens (tertiary/aromatic N) is 1. The van der Waals surface area contributed by atoms with E-state index in [-0.39, 0.29) is 23.8 Å². The molecule has 6 heteroatoms. The third-order valence-electron chi connectivity index (χ3n) is 4.80. The van der Waals surface area contributed by atoms with E-state index in [1.54, 1.807) is 23.1 Å². The summed E-state index contributed by atoms with van der Waals surface area (Å²) in [5.41, 5.74) is 0.440. The van der Waals surface area contributed by atoms with Gasteiger partial charge in [-0.1, -0.05) is 13.0 Å². The van der Waals surface area contributed by atoms with Gasteiger partial charge in [0.2, 0.25) is 5.91 Å². The smallest absolute Gasteiger partial charge is 0.261 e. The molecule has 0 aliphatic carbocycles. The number of piperidine rings is 1. The minimum atomic E-state index is -0.116. The summed E-state index contributed by atoms with van der Waals surface area (Å²) in [7, 11) is 3.08. The zero-order valence-corrected chi connectivity index (χ0v) is 15.5. The normalized spacial score (nSPS) is 16.2. The molecule has 2 rings (SSSR count). The Balaban J connectivity index is 2.04. The van der Waals surface area contributed by atoms with Gasteiger partial charge in [0.15, 0.2) is 0 Å². The van der Waals surface area contributed by atoms with Gasteiger partial charge in [0.25, 0.3) is 5.91 Å². The fourth-order valence-electron chi connectivity index (χ4n) is 3.03. The SMILES string of the molecule is CCC(C)NC(=O)C1CCN(C(=O)c2c(OC)cccc2OC)CC1. The van der Waals surface area contributed by atoms with Gasteiger partial charge in [0.05, 0.1) is 14.2 Å². The standard InChI is InChI=1S/C19H28N2O4/c1-5-13(2)20-18(22)14-9-11-21(12-10-14)19(23)17-15(24-3)7-6-8-16(17)25-4/h6-8,13-14H,5,9-12H2,1-4H3,(H,20,22). The maximum absolute atomic E-state index is 12.9. The number of amides is 2. The third kappa shape index (κ3) is 4.44. The monoisotopic (exact) mass is 348 g/mol. The second-order valence-electron chi connectivity index (χ2n) is 6.42. The van der Waals surface area contributed by atoms with Crippen LogP contribution in [-0.4, -0.2) is 50.1 Å². The van der Waals surface area contributed by atoms with Crippen LogP contribution in [-0.2, 0) is 4.79 Å². The Kier molecular flexibility index (Phi) is 6.67. The van der Waals surface area contributed by atoms with Gasteiger partial charge >= 0.3 is 0 Å². The molecule has 0 saturated carbocycles. The molecule has 1 saturated heterocycles. The summed E-state index contributed by atoms with van der Waals surface area (Å²) in [4.78, 5) is 27.0. The van der Waals surface area contributed by atoms with Gasteiger partial charge in [0, 0.05) is 25.0 Å². The van der Waals surface area contributed by atoms with Crippen molar-refractivity contribution in [3.8, 4) is 11.5 Å². The number of rotatable bonds is 6. The van der Waals surface area contributed by atoms with Crippen LogP contribution in [0, 0.1) is 5.92 Å². The Morgan fingerprint density at radius 3 is 2.24 bits per heavy atom. The number of benzene rings is 1. The molecule has 1 atom stereocenters. The summed E-state index contributed by atoms with van der Waals surface area (Å²) in [5, 5.41) is 3.03. The predicted octanol–water partition coefficient (Wildman–Crippen LogP) is 2.47. The highest BCUT2D eigenvalue weighted by molar-refractivity contribution is 5.99. The summed E-state index contributed by atoms with van der Waals surface area (Å²) in [6.07, 6.45) is 2.26. The lowest BCUT2D eigenvalue weighted by molar-refractivity contribution is -0.126. The van der Waals surface area contributed by atoms with Crippen molar-refractivity contribution in [2.45, 2.75) is 39.2 Å². The lowest BCUT2D eigenvalue weighted by atomic mass is 9.95. The minimum absolute atomic E-state index is 0.0300. The van der Waals surface area contributed by atoms with Crippen LogP contribution in [0.15, 0.2) is 18.2 Å². The molecule has 2 amide bonds. The molecule has 1 N–H and O–H groups in total. The van der Waals surface area contributed by atoms with E-state index in [9.17, 15) is 9.59 Å². The number of hydrogen-bond acceptors (Lipinski definition) is 4. The molecule has 1 aromatic rings. The fourth-order valence-corrected chi connectivity index (χ4v) is 3.03. The average molecular weight is 348 g/mol. The Labute approximate surface area is 149 Å². The van der Waals surface area contributed by atoms with E-state index in [1.807, 2.05) is 13.8 Å². The Hall–Kier alpha value is -2.24. The highest BCUT2D eigenvalue weighted by atomic mass is 16.5. The summed E-state index contributed by atoms with van der Waals surface area (Å²) in [5.74, 6) is 0.950. The van der Waals surface area contributed by atoms with E-state index >= 15 is 0 Å². The molecule has 1 heterocycles. The van der Waals surface area contributed by atoms with Crippen LogP contribution in [0.4, 0.5) is 0 Å². The zero-order chi connectivity index (χ0) is 18.4. The van der Waals surface area contributed by atoms with Crippen molar-refractivity contribution in [3.63, 3.8) is 0 Å². The number of nitrogens with one attached hydrogen (secondary N) is 1. The lowest BCUT2D eigenvalue weighted by Gasteiger charge is -2.32. The van der Waals surface area contributed by atoms with Crippen LogP contribution in [0.25, 0.3) is 0 Å². The van der Waals surface area contributed by atoms with Gasteiger partial charge in [-0.3, -0.25) is 9.59 Å². The van der Waals surface area contributed by atoms with Crippen LogP contribution in [0.5, 0.6) is 11.5 Å². The fraction of sp³-hybridized carbons (Fsp3) is 0.579. The maximum Gasteiger partial charge on any atom is 0.261 e. The van der Waals surface area contributed by atoms with Gasteiger partial charge < -0.3 is 19.7 Å². The molecule has 6 nitrogen and oxygen atoms in total. The van der Waals surface area contributed by atoms with Crippen LogP contribution in [0.1, 0.15) is 43.5 Å². The molecular formula is C19H28N2O4. The molecule has 0 spiro atoms. The number of hydrogen-bond donors (Lipinski definition) is 1. The highest BCUT2D eigenvalue weighted by Gasteiger charge is 2.30. The number of likely N-dealkylation sites (tertiary alicyclic amines) is 1. The predicted molar refractivity (Wildman–Crippen MR) is 96.1 cm³/mol. The first kappa shape index (κ1) is 19.1. The Morgan fingerprint density at radius 2 is 1.76 bits per heavy atom. The second-order valence-corrected chi connectivity index (χ2v) is 6.42. The number of ether oxygens (including phenoxy) is 2. The van der Waals surface area contributed by atoms with Crippen LogP contribution < -0.4 is 14.8 Å². The lowest BCUT2D eigenvalue weighted by Crippen LogP contribution is -2.44. The van der Waals surface area contributed by atoms with Crippen molar-refractivity contribution >= 4 is 11.8 Å². The van der Waals surface area contributed by atoms with Crippen LogP contribution in [0.3, 0.4) is 0 Å². The van der Waals surface area contributed by atoms with Crippen LogP contribution >= 0.6 is 0 Å². The van der Waals surface area contributed by atoms with Gasteiger partial charge in [-0.2, -0.15) is 0 Å². The first-order valence-electron chi connectivity index (χ1n) is 8.82. The molecule has 0 aromatic heterocycles. The van der Waals surface area contributed by atoms with E-state index in [0.29, 0.717) is 43.0 Å². The second kappa shape index (κ2) is 8.74. The van der Waals surface area contributed by atoms with Crippen molar-refractivity contribution in [2.24, 2.45) is 5.92 Å². The van der Waals surface area contributed by atoms with Crippen LogP contribution in [0.2, 0.25) is 0 Å². The first-order valence-corrected chi connectivity index (χ1v) is 8.82. The summed E-state index contributed by atoms with van der Waals surface area (Å²) < 4.78 is 10.6. The van der Waals surface area contributed by atoms with E-state index in [0.717, 1.165) is 6.42 Å². The molecule has 1 aromatic carbocycles. The van der Waals surface area contributed by atoms with E-state index < -0.39 is 0 Å². The van der Waals surface area contributed by atoms with E-state index in [1.165, 1.54) is 14.2 Å². The largest absolute Gasteiger partial charge is 0.496 e. The van der Waals surface area contributed by atoms with Crippen molar-refractivity contribution in [1.29, 1.82) is 0 Å². The molecule has 1 unspecified atom stereocenters. The highest BCUT2D eigenvalue weighted by Crippen LogP contribution is 2.31. The molecule has 0 bridgehead atoms. The Morgan fingerprint density at radius 1 is 1.20 bits per heavy atom. The van der Waals surface area contributed by atoms with E-state index in [2.05, 4.69) is 5.32 Å². The molecule has 138 valence electrons. The maximum atomic E-state index is 12.9. The Bertz CT molecular complexity index is 587. The third-order valence-corrected chi connectivity index (χ3v) is 4.80. The van der Waals surface area contributed by atoms with Gasteiger partial charge in [-0.15, -0.1) is 0 Å². The van der Waals surface area contributed by atoms with E-state index in [4.69, 9.17) is 9.47 Å². The van der Waals surface area contributed by atoms with Gasteiger partial charge in [-0.05, 0) is 38.3 Å². The van der Waals surface area contributed by atoms with Crippen molar-refractivity contribution in [3.05, 3.63) is 23.8 Å². The summed E-state index contributed by atoms with van der Waals surface area (Å²) in [6, 6.07) is 5.48. The van der Waals surface area contributed by atoms with Gasteiger partial charge in [0.1, 0.15) is 17.1 Å². The average Bonchev–Trinajstić information content (AvgIpc) is 2.66. The molecule has 1 aliphatic rings. The minimum Gasteiger partial charge on any atom is -0.496 e. The van der Waals surface area contributed by atoms with Crippen molar-refractivity contribution in [1.82, 2.24) is 10.2 Å². The molecular weight excluding hydrogens is 320 g/mol.